The fourth-order valence-corrected chi connectivity index (χ4v) is 3.38. The van der Waals surface area contributed by atoms with Gasteiger partial charge >= 0.3 is 0 Å². The lowest BCUT2D eigenvalue weighted by atomic mass is 9.90. The van der Waals surface area contributed by atoms with Crippen LogP contribution in [0.15, 0.2) is 48.7 Å². The van der Waals surface area contributed by atoms with Crippen LogP contribution in [-0.2, 0) is 11.2 Å². The summed E-state index contributed by atoms with van der Waals surface area (Å²) in [7, 11) is 1.53. The van der Waals surface area contributed by atoms with Crippen molar-refractivity contribution in [2.75, 3.05) is 20.2 Å². The zero-order chi connectivity index (χ0) is 18.4. The Balaban J connectivity index is 1.59. The quantitative estimate of drug-likeness (QED) is 0.801. The van der Waals surface area contributed by atoms with Gasteiger partial charge in [0.25, 0.3) is 5.91 Å². The molecular weight excluding hydrogens is 328 g/mol. The lowest BCUT2D eigenvalue weighted by molar-refractivity contribution is -0.124. The van der Waals surface area contributed by atoms with Gasteiger partial charge in [0.15, 0.2) is 0 Å². The van der Waals surface area contributed by atoms with E-state index in [0.29, 0.717) is 31.0 Å². The molecule has 3 rings (SSSR count). The Bertz CT molecular complexity index is 761. The van der Waals surface area contributed by atoms with Gasteiger partial charge in [-0.25, -0.2) is 4.98 Å². The topological polar surface area (TPSA) is 59.5 Å². The maximum atomic E-state index is 12.7. The van der Waals surface area contributed by atoms with Crippen molar-refractivity contribution in [3.8, 4) is 5.88 Å². The number of methoxy groups -OCH3 is 1. The maximum Gasteiger partial charge on any atom is 0.254 e. The van der Waals surface area contributed by atoms with E-state index in [4.69, 9.17) is 4.74 Å². The number of piperidine rings is 1. The number of ketones is 1. The number of amides is 1. The molecule has 1 amide bonds. The fraction of sp³-hybridized carbons (Fsp3) is 0.381. The summed E-state index contributed by atoms with van der Waals surface area (Å²) in [5.74, 6) is 0.536. The molecule has 1 aromatic heterocycles. The molecule has 5 nitrogen and oxygen atoms in total. The van der Waals surface area contributed by atoms with Crippen LogP contribution in [0.2, 0.25) is 0 Å². The molecule has 1 atom stereocenters. The van der Waals surface area contributed by atoms with Gasteiger partial charge in [-0.1, -0.05) is 30.3 Å². The van der Waals surface area contributed by atoms with Crippen molar-refractivity contribution in [3.05, 3.63) is 59.8 Å². The van der Waals surface area contributed by atoms with E-state index in [1.807, 2.05) is 30.3 Å². The number of nitrogens with zero attached hydrogens (tertiary/aromatic N) is 2. The summed E-state index contributed by atoms with van der Waals surface area (Å²) in [5, 5.41) is 0. The van der Waals surface area contributed by atoms with Crippen LogP contribution in [0.3, 0.4) is 0 Å². The Labute approximate surface area is 154 Å². The van der Waals surface area contributed by atoms with Crippen LogP contribution in [-0.4, -0.2) is 41.8 Å². The smallest absolute Gasteiger partial charge is 0.254 e. The average Bonchev–Trinajstić information content (AvgIpc) is 2.72. The van der Waals surface area contributed by atoms with E-state index in [2.05, 4.69) is 4.98 Å². The summed E-state index contributed by atoms with van der Waals surface area (Å²) in [6.07, 6.45) is 4.57. The van der Waals surface area contributed by atoms with Crippen LogP contribution in [0.25, 0.3) is 0 Å². The van der Waals surface area contributed by atoms with Crippen molar-refractivity contribution in [2.24, 2.45) is 5.92 Å². The first-order valence-electron chi connectivity index (χ1n) is 9.03. The van der Waals surface area contributed by atoms with Crippen molar-refractivity contribution < 1.29 is 14.3 Å². The van der Waals surface area contributed by atoms with E-state index in [9.17, 15) is 9.59 Å². The van der Waals surface area contributed by atoms with Crippen LogP contribution in [0, 0.1) is 5.92 Å². The molecule has 2 heterocycles. The van der Waals surface area contributed by atoms with Gasteiger partial charge in [-0.05, 0) is 30.9 Å². The molecular formula is C21H24N2O3. The minimum Gasteiger partial charge on any atom is -0.481 e. The molecule has 1 aromatic carbocycles. The summed E-state index contributed by atoms with van der Waals surface area (Å²) in [6.45, 7) is 1.18. The van der Waals surface area contributed by atoms with Crippen LogP contribution in [0.4, 0.5) is 0 Å². The van der Waals surface area contributed by atoms with Gasteiger partial charge in [-0.2, -0.15) is 0 Å². The lowest BCUT2D eigenvalue weighted by Crippen LogP contribution is -2.42. The largest absolute Gasteiger partial charge is 0.481 e. The normalized spacial score (nSPS) is 17.0. The lowest BCUT2D eigenvalue weighted by Gasteiger charge is -2.32. The fourth-order valence-electron chi connectivity index (χ4n) is 3.38. The average molecular weight is 352 g/mol. The van der Waals surface area contributed by atoms with Crippen molar-refractivity contribution in [1.82, 2.24) is 9.88 Å². The van der Waals surface area contributed by atoms with Crippen LogP contribution >= 0.6 is 0 Å². The SMILES string of the molecule is COc1cc(C(=O)N2CCC[C@@H](C(=O)CCc3ccccc3)C2)ccn1. The van der Waals surface area contributed by atoms with E-state index >= 15 is 0 Å². The molecule has 2 aromatic rings. The predicted octanol–water partition coefficient (Wildman–Crippen LogP) is 3.14. The summed E-state index contributed by atoms with van der Waals surface area (Å²) < 4.78 is 5.09. The molecule has 0 bridgehead atoms. The number of hydrogen-bond acceptors (Lipinski definition) is 4. The highest BCUT2D eigenvalue weighted by Crippen LogP contribution is 2.22. The van der Waals surface area contributed by atoms with E-state index in [1.165, 1.54) is 12.7 Å². The molecule has 5 heteroatoms. The highest BCUT2D eigenvalue weighted by atomic mass is 16.5. The molecule has 0 saturated carbocycles. The molecule has 1 aliphatic rings. The van der Waals surface area contributed by atoms with E-state index < -0.39 is 0 Å². The second kappa shape index (κ2) is 8.61. The van der Waals surface area contributed by atoms with Crippen LogP contribution in [0.1, 0.15) is 35.2 Å². The monoisotopic (exact) mass is 352 g/mol. The molecule has 136 valence electrons. The van der Waals surface area contributed by atoms with Gasteiger partial charge in [-0.3, -0.25) is 9.59 Å². The first-order valence-corrected chi connectivity index (χ1v) is 9.03. The molecule has 1 saturated heterocycles. The zero-order valence-electron chi connectivity index (χ0n) is 15.1. The molecule has 1 fully saturated rings. The number of benzene rings is 1. The second-order valence-corrected chi connectivity index (χ2v) is 6.63. The zero-order valence-corrected chi connectivity index (χ0v) is 15.1. The molecule has 0 N–H and O–H groups in total. The number of carbonyl (C=O) groups excluding carboxylic acids is 2. The van der Waals surface area contributed by atoms with Gasteiger partial charge in [0.1, 0.15) is 5.78 Å². The summed E-state index contributed by atoms with van der Waals surface area (Å²) >= 11 is 0. The third kappa shape index (κ3) is 4.48. The van der Waals surface area contributed by atoms with Crippen LogP contribution in [0.5, 0.6) is 5.88 Å². The molecule has 0 spiro atoms. The van der Waals surface area contributed by atoms with Crippen molar-refractivity contribution in [2.45, 2.75) is 25.7 Å². The molecule has 0 unspecified atom stereocenters. The second-order valence-electron chi connectivity index (χ2n) is 6.63. The predicted molar refractivity (Wildman–Crippen MR) is 99.2 cm³/mol. The number of Topliss-reactive ketones (excluding diaryl/α,β-unsaturated/α-hetero) is 1. The molecule has 0 radical (unpaired) electrons. The first-order chi connectivity index (χ1) is 12.7. The summed E-state index contributed by atoms with van der Waals surface area (Å²) in [5.41, 5.74) is 1.72. The Hall–Kier alpha value is -2.69. The Morgan fingerprint density at radius 2 is 2.04 bits per heavy atom. The third-order valence-electron chi connectivity index (χ3n) is 4.86. The number of ether oxygens (including phenoxy) is 1. The van der Waals surface area contributed by atoms with Gasteiger partial charge < -0.3 is 9.64 Å². The third-order valence-corrected chi connectivity index (χ3v) is 4.86. The number of likely N-dealkylation sites (tertiary alicyclic amines) is 1. The van der Waals surface area contributed by atoms with Gasteiger partial charge in [0.2, 0.25) is 5.88 Å². The summed E-state index contributed by atoms with van der Waals surface area (Å²) in [4.78, 5) is 31.2. The highest BCUT2D eigenvalue weighted by molar-refractivity contribution is 5.95. The van der Waals surface area contributed by atoms with E-state index in [-0.39, 0.29) is 17.6 Å². The van der Waals surface area contributed by atoms with Gasteiger partial charge in [-0.15, -0.1) is 0 Å². The Kier molecular flexibility index (Phi) is 6.00. The van der Waals surface area contributed by atoms with Crippen molar-refractivity contribution >= 4 is 11.7 Å². The Morgan fingerprint density at radius 3 is 2.81 bits per heavy atom. The maximum absolute atomic E-state index is 12.7. The minimum atomic E-state index is -0.0693. The van der Waals surface area contributed by atoms with Gasteiger partial charge in [0, 0.05) is 43.3 Å². The molecule has 1 aliphatic heterocycles. The number of carbonyl (C=O) groups is 2. The first kappa shape index (κ1) is 18.1. The standard InChI is InChI=1S/C21H24N2O3/c1-26-20-14-17(11-12-22-20)21(25)23-13-5-8-18(15-23)19(24)10-9-16-6-3-2-4-7-16/h2-4,6-7,11-12,14,18H,5,8-10,13,15H2,1H3/t18-/m1/s1. The van der Waals surface area contributed by atoms with Crippen LogP contribution < -0.4 is 4.74 Å². The molecule has 0 aliphatic carbocycles. The minimum absolute atomic E-state index is 0.0636. The highest BCUT2D eigenvalue weighted by Gasteiger charge is 2.28. The number of rotatable bonds is 6. The number of hydrogen-bond donors (Lipinski definition) is 0. The number of pyridine rings is 1. The molecule has 26 heavy (non-hydrogen) atoms. The van der Waals surface area contributed by atoms with Crippen molar-refractivity contribution in [1.29, 1.82) is 0 Å². The van der Waals surface area contributed by atoms with E-state index in [0.717, 1.165) is 19.3 Å². The summed E-state index contributed by atoms with van der Waals surface area (Å²) in [6, 6.07) is 13.4. The van der Waals surface area contributed by atoms with Crippen molar-refractivity contribution in [3.63, 3.8) is 0 Å². The number of aromatic nitrogens is 1. The van der Waals surface area contributed by atoms with Gasteiger partial charge in [0.05, 0.1) is 7.11 Å². The van der Waals surface area contributed by atoms with E-state index in [1.54, 1.807) is 23.2 Å². The number of aryl methyl sites for hydroxylation is 1. The Morgan fingerprint density at radius 1 is 1.23 bits per heavy atom.